The van der Waals surface area contributed by atoms with Crippen LogP contribution in [0.25, 0.3) is 6.08 Å². The van der Waals surface area contributed by atoms with Gasteiger partial charge in [0.05, 0.1) is 50.9 Å². The van der Waals surface area contributed by atoms with Gasteiger partial charge in [0, 0.05) is 5.69 Å². The molecule has 0 aromatic heterocycles. The molecule has 1 aromatic carbocycles. The fourth-order valence-electron chi connectivity index (χ4n) is 3.52. The van der Waals surface area contributed by atoms with E-state index < -0.39 is 35.5 Å². The molecule has 0 saturated heterocycles. The molecule has 0 spiro atoms. The molecule has 2 heterocycles. The van der Waals surface area contributed by atoms with E-state index in [4.69, 9.17) is 18.9 Å². The molecular weight excluding hydrogens is 394 g/mol. The zero-order valence-electron chi connectivity index (χ0n) is 16.8. The number of methoxy groups -OCH3 is 4. The van der Waals surface area contributed by atoms with Crippen molar-refractivity contribution in [3.8, 4) is 0 Å². The molecule has 0 aliphatic carbocycles. The molecule has 9 nitrogen and oxygen atoms in total. The van der Waals surface area contributed by atoms with Crippen molar-refractivity contribution < 1.29 is 38.1 Å². The Labute approximate surface area is 172 Å². The number of nitrogens with zero attached hydrogens (tertiary/aromatic N) is 1. The van der Waals surface area contributed by atoms with Gasteiger partial charge in [-0.2, -0.15) is 0 Å². The lowest BCUT2D eigenvalue weighted by atomic mass is 9.85. The molecule has 0 unspecified atom stereocenters. The highest BCUT2D eigenvalue weighted by Crippen LogP contribution is 2.42. The number of para-hydroxylation sites is 1. The zero-order valence-corrected chi connectivity index (χ0v) is 16.8. The van der Waals surface area contributed by atoms with Crippen molar-refractivity contribution >= 4 is 35.6 Å². The number of benzene rings is 1. The fraction of sp³-hybridized carbons (Fsp3) is 0.238. The van der Waals surface area contributed by atoms with Crippen LogP contribution in [0.15, 0.2) is 52.8 Å². The standard InChI is InChI=1S/C21H19NO8/c1-27-18(23)14-13-10-9-11-7-5-6-8-12(11)22(13)17(21(26)30-4)16(20(25)29-3)15(14)19(24)28-2/h5-10,17H,1-4H3/t17-/m1/s1. The van der Waals surface area contributed by atoms with Crippen LogP contribution in [0, 0.1) is 0 Å². The molecule has 156 valence electrons. The van der Waals surface area contributed by atoms with Crippen LogP contribution in [-0.2, 0) is 38.1 Å². The van der Waals surface area contributed by atoms with Crippen LogP contribution in [-0.4, -0.2) is 58.4 Å². The van der Waals surface area contributed by atoms with Crippen molar-refractivity contribution in [3.05, 3.63) is 58.3 Å². The summed E-state index contributed by atoms with van der Waals surface area (Å²) < 4.78 is 19.4. The van der Waals surface area contributed by atoms with Crippen molar-refractivity contribution in [2.75, 3.05) is 33.3 Å². The minimum atomic E-state index is -1.40. The molecule has 0 bridgehead atoms. The highest BCUT2D eigenvalue weighted by atomic mass is 16.5. The van der Waals surface area contributed by atoms with E-state index in [-0.39, 0.29) is 16.8 Å². The minimum Gasteiger partial charge on any atom is -0.467 e. The molecule has 30 heavy (non-hydrogen) atoms. The highest BCUT2D eigenvalue weighted by Gasteiger charge is 2.48. The SMILES string of the molecule is COC(=O)C1=C(C(=O)OC)[C@H](C(=O)OC)N2C(=C1C(=O)OC)C=Cc1ccccc12. The lowest BCUT2D eigenvalue weighted by Gasteiger charge is -2.40. The van der Waals surface area contributed by atoms with Crippen LogP contribution in [0.1, 0.15) is 5.56 Å². The second-order valence-corrected chi connectivity index (χ2v) is 6.21. The number of esters is 4. The Morgan fingerprint density at radius 2 is 1.37 bits per heavy atom. The third-order valence-electron chi connectivity index (χ3n) is 4.79. The van der Waals surface area contributed by atoms with Gasteiger partial charge in [-0.3, -0.25) is 0 Å². The predicted octanol–water partition coefficient (Wildman–Crippen LogP) is 1.14. The quantitative estimate of drug-likeness (QED) is 0.530. The largest absolute Gasteiger partial charge is 0.467 e. The van der Waals surface area contributed by atoms with Gasteiger partial charge in [-0.15, -0.1) is 0 Å². The normalized spacial score (nSPS) is 17.1. The third kappa shape index (κ3) is 3.14. The average Bonchev–Trinajstić information content (AvgIpc) is 2.79. The number of rotatable bonds is 4. The molecule has 0 fully saturated rings. The summed E-state index contributed by atoms with van der Waals surface area (Å²) in [4.78, 5) is 52.4. The molecule has 9 heteroatoms. The summed E-state index contributed by atoms with van der Waals surface area (Å²) in [7, 11) is 4.48. The van der Waals surface area contributed by atoms with Crippen LogP contribution < -0.4 is 4.90 Å². The molecule has 2 aliphatic heterocycles. The van der Waals surface area contributed by atoms with Crippen molar-refractivity contribution in [1.29, 1.82) is 0 Å². The average molecular weight is 413 g/mol. The van der Waals surface area contributed by atoms with E-state index in [1.807, 2.05) is 0 Å². The summed E-state index contributed by atoms with van der Waals surface area (Å²) in [5, 5.41) is 0. The first kappa shape index (κ1) is 20.8. The number of carbonyl (C=O) groups is 4. The summed E-state index contributed by atoms with van der Waals surface area (Å²) in [6, 6.07) is 5.64. The first-order valence-corrected chi connectivity index (χ1v) is 8.79. The van der Waals surface area contributed by atoms with Crippen LogP contribution in [0.5, 0.6) is 0 Å². The van der Waals surface area contributed by atoms with Crippen molar-refractivity contribution in [2.24, 2.45) is 0 Å². The number of carbonyl (C=O) groups excluding carboxylic acids is 4. The molecule has 1 aromatic rings. The predicted molar refractivity (Wildman–Crippen MR) is 104 cm³/mol. The summed E-state index contributed by atoms with van der Waals surface area (Å²) in [6.45, 7) is 0. The molecule has 1 atom stereocenters. The maximum absolute atomic E-state index is 12.8. The van der Waals surface area contributed by atoms with Gasteiger partial charge in [0.2, 0.25) is 0 Å². The highest BCUT2D eigenvalue weighted by molar-refractivity contribution is 6.17. The Kier molecular flexibility index (Phi) is 5.72. The number of anilines is 1. The lowest BCUT2D eigenvalue weighted by Crippen LogP contribution is -2.50. The number of fused-ring (bicyclic) bond motifs is 3. The maximum atomic E-state index is 12.8. The number of hydrogen-bond acceptors (Lipinski definition) is 9. The second kappa shape index (κ2) is 8.24. The van der Waals surface area contributed by atoms with Crippen molar-refractivity contribution in [3.63, 3.8) is 0 Å². The topological polar surface area (TPSA) is 108 Å². The van der Waals surface area contributed by atoms with Gasteiger partial charge in [0.15, 0.2) is 6.04 Å². The van der Waals surface area contributed by atoms with E-state index in [2.05, 4.69) is 0 Å². The van der Waals surface area contributed by atoms with Crippen molar-refractivity contribution in [1.82, 2.24) is 0 Å². The van der Waals surface area contributed by atoms with E-state index in [0.717, 1.165) is 34.0 Å². The van der Waals surface area contributed by atoms with Crippen LogP contribution >= 0.6 is 0 Å². The first-order chi connectivity index (χ1) is 14.4. The van der Waals surface area contributed by atoms with Crippen molar-refractivity contribution in [2.45, 2.75) is 6.04 Å². The van der Waals surface area contributed by atoms with E-state index in [1.165, 1.54) is 4.90 Å². The van der Waals surface area contributed by atoms with Gasteiger partial charge in [0.25, 0.3) is 0 Å². The molecule has 0 saturated carbocycles. The Morgan fingerprint density at radius 1 is 0.767 bits per heavy atom. The molecule has 0 radical (unpaired) electrons. The Hall–Kier alpha value is -3.88. The number of hydrogen-bond donors (Lipinski definition) is 0. The molecule has 0 amide bonds. The van der Waals surface area contributed by atoms with Gasteiger partial charge in [0.1, 0.15) is 0 Å². The molecule has 0 N–H and O–H groups in total. The monoisotopic (exact) mass is 413 g/mol. The van der Waals surface area contributed by atoms with E-state index in [9.17, 15) is 19.2 Å². The Balaban J connectivity index is 2.47. The van der Waals surface area contributed by atoms with Crippen LogP contribution in [0.2, 0.25) is 0 Å². The van der Waals surface area contributed by atoms with E-state index in [0.29, 0.717) is 5.69 Å². The zero-order chi connectivity index (χ0) is 22.0. The number of ether oxygens (including phenoxy) is 4. The number of allylic oxidation sites excluding steroid dienone is 1. The second-order valence-electron chi connectivity index (χ2n) is 6.21. The Bertz CT molecular complexity index is 1030. The summed E-state index contributed by atoms with van der Waals surface area (Å²) in [5.74, 6) is -3.70. The molecular formula is C21H19NO8. The first-order valence-electron chi connectivity index (χ1n) is 8.79. The van der Waals surface area contributed by atoms with Gasteiger partial charge in [-0.05, 0) is 17.7 Å². The van der Waals surface area contributed by atoms with Crippen LogP contribution in [0.4, 0.5) is 5.69 Å². The van der Waals surface area contributed by atoms with Crippen LogP contribution in [0.3, 0.4) is 0 Å². The van der Waals surface area contributed by atoms with E-state index >= 15 is 0 Å². The Morgan fingerprint density at radius 3 is 1.97 bits per heavy atom. The van der Waals surface area contributed by atoms with Gasteiger partial charge < -0.3 is 23.8 Å². The summed E-state index contributed by atoms with van der Waals surface area (Å²) >= 11 is 0. The third-order valence-corrected chi connectivity index (χ3v) is 4.79. The maximum Gasteiger partial charge on any atom is 0.340 e. The van der Waals surface area contributed by atoms with Gasteiger partial charge in [-0.1, -0.05) is 24.3 Å². The molecule has 3 rings (SSSR count). The minimum absolute atomic E-state index is 0.184. The fourth-order valence-corrected chi connectivity index (χ4v) is 3.52. The smallest absolute Gasteiger partial charge is 0.340 e. The van der Waals surface area contributed by atoms with Gasteiger partial charge >= 0.3 is 23.9 Å². The summed E-state index contributed by atoms with van der Waals surface area (Å²) in [6.07, 6.45) is 3.28. The molecule has 2 aliphatic rings. The summed E-state index contributed by atoms with van der Waals surface area (Å²) in [5.41, 5.74) is 0.411. The van der Waals surface area contributed by atoms with E-state index in [1.54, 1.807) is 36.4 Å². The van der Waals surface area contributed by atoms with Gasteiger partial charge in [-0.25, -0.2) is 19.2 Å². The lowest BCUT2D eigenvalue weighted by molar-refractivity contribution is -0.145.